The Morgan fingerprint density at radius 3 is 1.65 bits per heavy atom. The van der Waals surface area contributed by atoms with Crippen LogP contribution in [-0.2, 0) is 0 Å². The molecular formula is C26H18. The Morgan fingerprint density at radius 1 is 0.385 bits per heavy atom. The van der Waals surface area contributed by atoms with Crippen LogP contribution in [0.1, 0.15) is 0 Å². The second-order valence-corrected chi connectivity index (χ2v) is 6.64. The maximum Gasteiger partial charge on any atom is -0.00266 e. The van der Waals surface area contributed by atoms with Crippen molar-refractivity contribution in [1.29, 1.82) is 0 Å². The van der Waals surface area contributed by atoms with Crippen molar-refractivity contribution in [1.82, 2.24) is 0 Å². The Kier molecular flexibility index (Phi) is 3.54. The monoisotopic (exact) mass is 330 g/mol. The van der Waals surface area contributed by atoms with Crippen molar-refractivity contribution in [3.05, 3.63) is 109 Å². The lowest BCUT2D eigenvalue weighted by atomic mass is 9.89. The molecule has 26 heavy (non-hydrogen) atoms. The number of rotatable bonds is 2. The summed E-state index contributed by atoms with van der Waals surface area (Å²) in [6.45, 7) is 0. The van der Waals surface area contributed by atoms with Crippen LogP contribution in [0.5, 0.6) is 0 Å². The van der Waals surface area contributed by atoms with Gasteiger partial charge in [-0.2, -0.15) is 0 Å². The zero-order chi connectivity index (χ0) is 17.3. The van der Waals surface area contributed by atoms with Crippen LogP contribution in [0.4, 0.5) is 0 Å². The Morgan fingerprint density at radius 2 is 0.962 bits per heavy atom. The molecule has 0 N–H and O–H groups in total. The van der Waals surface area contributed by atoms with E-state index in [1.807, 2.05) is 0 Å². The molecule has 0 bridgehead atoms. The van der Waals surface area contributed by atoms with Crippen LogP contribution in [0.3, 0.4) is 0 Å². The van der Waals surface area contributed by atoms with Crippen molar-refractivity contribution in [2.24, 2.45) is 0 Å². The van der Waals surface area contributed by atoms with Gasteiger partial charge in [0.05, 0.1) is 0 Å². The van der Waals surface area contributed by atoms with E-state index in [0.717, 1.165) is 0 Å². The number of hydrogen-bond donors (Lipinski definition) is 0. The largest absolute Gasteiger partial charge is 0.0622 e. The van der Waals surface area contributed by atoms with Gasteiger partial charge in [0, 0.05) is 0 Å². The molecule has 0 aliphatic rings. The smallest absolute Gasteiger partial charge is 0.00266 e. The molecule has 0 nitrogen and oxygen atoms in total. The lowest BCUT2D eigenvalue weighted by Gasteiger charge is -2.15. The average molecular weight is 330 g/mol. The van der Waals surface area contributed by atoms with Gasteiger partial charge in [0.2, 0.25) is 0 Å². The summed E-state index contributed by atoms with van der Waals surface area (Å²) in [7, 11) is 0. The highest BCUT2D eigenvalue weighted by Crippen LogP contribution is 2.39. The molecule has 0 aliphatic heterocycles. The molecule has 122 valence electrons. The van der Waals surface area contributed by atoms with Crippen molar-refractivity contribution >= 4 is 21.5 Å². The Bertz CT molecular complexity index is 1200. The SMILES string of the molecule is c1ccc(-c2ccc3cc4ccccc4cc3c2-c2ccccc2)cc1. The quantitative estimate of drug-likeness (QED) is 0.297. The predicted octanol–water partition coefficient (Wildman–Crippen LogP) is 7.33. The molecular weight excluding hydrogens is 312 g/mol. The molecule has 0 aromatic heterocycles. The van der Waals surface area contributed by atoms with Crippen LogP contribution in [-0.4, -0.2) is 0 Å². The summed E-state index contributed by atoms with van der Waals surface area (Å²) in [5.74, 6) is 0. The van der Waals surface area contributed by atoms with Gasteiger partial charge in [0.1, 0.15) is 0 Å². The van der Waals surface area contributed by atoms with E-state index in [0.29, 0.717) is 0 Å². The number of hydrogen-bond acceptors (Lipinski definition) is 0. The van der Waals surface area contributed by atoms with Crippen molar-refractivity contribution in [3.8, 4) is 22.3 Å². The first kappa shape index (κ1) is 14.9. The zero-order valence-corrected chi connectivity index (χ0v) is 14.4. The van der Waals surface area contributed by atoms with E-state index >= 15 is 0 Å². The topological polar surface area (TPSA) is 0 Å². The highest BCUT2D eigenvalue weighted by Gasteiger charge is 2.12. The number of fused-ring (bicyclic) bond motifs is 2. The third-order valence-corrected chi connectivity index (χ3v) is 5.03. The average Bonchev–Trinajstić information content (AvgIpc) is 2.72. The van der Waals surface area contributed by atoms with Crippen LogP contribution in [0.15, 0.2) is 109 Å². The molecule has 0 amide bonds. The van der Waals surface area contributed by atoms with Gasteiger partial charge in [0.25, 0.3) is 0 Å². The lowest BCUT2D eigenvalue weighted by Crippen LogP contribution is -1.88. The molecule has 0 fully saturated rings. The lowest BCUT2D eigenvalue weighted by molar-refractivity contribution is 1.61. The van der Waals surface area contributed by atoms with Gasteiger partial charge >= 0.3 is 0 Å². The second-order valence-electron chi connectivity index (χ2n) is 6.64. The van der Waals surface area contributed by atoms with Crippen molar-refractivity contribution in [2.75, 3.05) is 0 Å². The summed E-state index contributed by atoms with van der Waals surface area (Å²) in [5.41, 5.74) is 5.09. The van der Waals surface area contributed by atoms with Crippen molar-refractivity contribution < 1.29 is 0 Å². The van der Waals surface area contributed by atoms with E-state index in [1.165, 1.54) is 43.8 Å². The highest BCUT2D eigenvalue weighted by molar-refractivity contribution is 6.09. The number of benzene rings is 5. The molecule has 0 aliphatic carbocycles. The Labute approximate surface area is 153 Å². The second kappa shape index (κ2) is 6.16. The minimum absolute atomic E-state index is 1.25. The van der Waals surface area contributed by atoms with Crippen molar-refractivity contribution in [2.45, 2.75) is 0 Å². The molecule has 5 aromatic carbocycles. The fraction of sp³-hybridized carbons (Fsp3) is 0. The molecule has 0 unspecified atom stereocenters. The first-order chi connectivity index (χ1) is 12.9. The first-order valence-electron chi connectivity index (χ1n) is 8.96. The van der Waals surface area contributed by atoms with Crippen LogP contribution >= 0.6 is 0 Å². The van der Waals surface area contributed by atoms with E-state index in [2.05, 4.69) is 109 Å². The normalized spacial score (nSPS) is 11.1. The summed E-state index contributed by atoms with van der Waals surface area (Å²) in [5, 5.41) is 5.15. The summed E-state index contributed by atoms with van der Waals surface area (Å²) >= 11 is 0. The van der Waals surface area contributed by atoms with E-state index in [-0.39, 0.29) is 0 Å². The van der Waals surface area contributed by atoms with Gasteiger partial charge in [-0.1, -0.05) is 97.1 Å². The molecule has 0 radical (unpaired) electrons. The zero-order valence-electron chi connectivity index (χ0n) is 14.4. The molecule has 0 atom stereocenters. The van der Waals surface area contributed by atoms with Gasteiger partial charge in [-0.05, 0) is 55.9 Å². The molecule has 5 rings (SSSR count). The summed E-state index contributed by atoms with van der Waals surface area (Å²) in [4.78, 5) is 0. The van der Waals surface area contributed by atoms with Gasteiger partial charge in [-0.15, -0.1) is 0 Å². The van der Waals surface area contributed by atoms with Gasteiger partial charge in [-0.25, -0.2) is 0 Å². The highest BCUT2D eigenvalue weighted by atomic mass is 14.2. The van der Waals surface area contributed by atoms with Crippen LogP contribution in [0, 0.1) is 0 Å². The van der Waals surface area contributed by atoms with Gasteiger partial charge < -0.3 is 0 Å². The third kappa shape index (κ3) is 2.48. The van der Waals surface area contributed by atoms with E-state index < -0.39 is 0 Å². The minimum Gasteiger partial charge on any atom is -0.0622 e. The van der Waals surface area contributed by atoms with Crippen LogP contribution < -0.4 is 0 Å². The summed E-state index contributed by atoms with van der Waals surface area (Å²) < 4.78 is 0. The molecule has 0 heterocycles. The van der Waals surface area contributed by atoms with Crippen LogP contribution in [0.25, 0.3) is 43.8 Å². The maximum atomic E-state index is 2.33. The Balaban J connectivity index is 1.92. The maximum absolute atomic E-state index is 2.33. The standard InChI is InChI=1S/C26H18/c1-3-9-19(10-4-1)24-16-15-23-17-21-13-7-8-14-22(21)18-25(23)26(24)20-11-5-2-6-12-20/h1-18H. The van der Waals surface area contributed by atoms with Crippen molar-refractivity contribution in [3.63, 3.8) is 0 Å². The first-order valence-corrected chi connectivity index (χ1v) is 8.96. The summed E-state index contributed by atoms with van der Waals surface area (Å²) in [6.07, 6.45) is 0. The summed E-state index contributed by atoms with van der Waals surface area (Å²) in [6, 6.07) is 39.1. The fourth-order valence-corrected chi connectivity index (χ4v) is 3.79. The molecule has 0 heteroatoms. The fourth-order valence-electron chi connectivity index (χ4n) is 3.79. The van der Waals surface area contributed by atoms with Gasteiger partial charge in [0.15, 0.2) is 0 Å². The molecule has 5 aromatic rings. The van der Waals surface area contributed by atoms with Gasteiger partial charge in [-0.3, -0.25) is 0 Å². The molecule has 0 saturated carbocycles. The van der Waals surface area contributed by atoms with Crippen LogP contribution in [0.2, 0.25) is 0 Å². The third-order valence-electron chi connectivity index (χ3n) is 5.03. The molecule has 0 spiro atoms. The van der Waals surface area contributed by atoms with E-state index in [1.54, 1.807) is 0 Å². The predicted molar refractivity (Wildman–Crippen MR) is 112 cm³/mol. The van der Waals surface area contributed by atoms with E-state index in [4.69, 9.17) is 0 Å². The minimum atomic E-state index is 1.25. The van der Waals surface area contributed by atoms with E-state index in [9.17, 15) is 0 Å². The molecule has 0 saturated heterocycles. The Hall–Kier alpha value is -3.38.